The van der Waals surface area contributed by atoms with Gasteiger partial charge >= 0.3 is 7.57 Å². The average Bonchev–Trinajstić information content (AvgIpc) is 2.15. The lowest BCUT2D eigenvalue weighted by Gasteiger charge is -2.26. The maximum absolute atomic E-state index is 6.28. The van der Waals surface area contributed by atoms with Gasteiger partial charge in [-0.25, -0.2) is 0 Å². The summed E-state index contributed by atoms with van der Waals surface area (Å²) in [6, 6.07) is 10.00. The zero-order chi connectivity index (χ0) is 11.5. The lowest BCUT2D eigenvalue weighted by Crippen LogP contribution is -2.18. The van der Waals surface area contributed by atoms with Gasteiger partial charge in [0.2, 0.25) is 0 Å². The Labute approximate surface area is 95.2 Å². The Kier molecular flexibility index (Phi) is 3.64. The highest BCUT2D eigenvalue weighted by Gasteiger charge is 2.38. The van der Waals surface area contributed by atoms with E-state index in [4.69, 9.17) is 7.57 Å². The highest BCUT2D eigenvalue weighted by atomic mass is 31.2. The normalized spacial score (nSPS) is 14.9. The van der Waals surface area contributed by atoms with E-state index in [1.165, 1.54) is 0 Å². The van der Waals surface area contributed by atoms with Gasteiger partial charge in [-0.1, -0.05) is 18.2 Å². The molecule has 0 aliphatic carbocycles. The predicted octanol–water partition coefficient (Wildman–Crippen LogP) is 3.53. The molecule has 0 aliphatic heterocycles. The zero-order valence-corrected chi connectivity index (χ0v) is 10.8. The molecule has 1 aromatic carbocycles. The van der Waals surface area contributed by atoms with Crippen LogP contribution < -0.4 is 0 Å². The van der Waals surface area contributed by atoms with Gasteiger partial charge in [-0.05, 0) is 38.8 Å². The van der Waals surface area contributed by atoms with Crippen molar-refractivity contribution in [1.29, 1.82) is 0 Å². The van der Waals surface area contributed by atoms with Crippen LogP contribution in [0.5, 0.6) is 0 Å². The third kappa shape index (κ3) is 3.40. The van der Waals surface area contributed by atoms with Crippen LogP contribution in [0.1, 0.15) is 26.3 Å². The molecule has 76 valence electrons. The van der Waals surface area contributed by atoms with Crippen LogP contribution in [0, 0.1) is 11.6 Å². The van der Waals surface area contributed by atoms with Crippen LogP contribution in [0.2, 0.25) is 0 Å². The minimum atomic E-state index is -1.65. The minimum absolute atomic E-state index is 0.0920. The molecule has 0 aromatic heterocycles. The van der Waals surface area contributed by atoms with Gasteiger partial charge < -0.3 is 0 Å². The number of benzene rings is 1. The van der Waals surface area contributed by atoms with E-state index in [1.54, 1.807) is 0 Å². The van der Waals surface area contributed by atoms with E-state index in [0.717, 1.165) is 5.56 Å². The molecule has 2 heteroatoms. The molecule has 1 unspecified atom stereocenters. The van der Waals surface area contributed by atoms with Crippen molar-refractivity contribution in [2.24, 2.45) is 0 Å². The zero-order valence-electron chi connectivity index (χ0n) is 9.91. The van der Waals surface area contributed by atoms with Crippen molar-refractivity contribution in [2.75, 3.05) is 6.66 Å². The quantitative estimate of drug-likeness (QED) is 0.353. The molecule has 0 saturated carbocycles. The second-order valence-electron chi connectivity index (χ2n) is 4.85. The molecule has 0 amide bonds. The standard InChI is InChI=1S/C13H17BP/c1-13(2,3)15(4,14)11-10-12-8-6-5-7-9-12/h5-9H,1-4H3/q+1. The van der Waals surface area contributed by atoms with Crippen LogP contribution in [-0.4, -0.2) is 19.4 Å². The second kappa shape index (κ2) is 4.42. The molecule has 0 fully saturated rings. The van der Waals surface area contributed by atoms with Gasteiger partial charge in [0.05, 0.1) is 10.8 Å². The first-order chi connectivity index (χ1) is 6.83. The van der Waals surface area contributed by atoms with E-state index in [1.807, 2.05) is 30.3 Å². The minimum Gasteiger partial charge on any atom is -0.0622 e. The summed E-state index contributed by atoms with van der Waals surface area (Å²) in [7, 11) is 4.63. The van der Waals surface area contributed by atoms with Gasteiger partial charge in [-0.2, -0.15) is 0 Å². The molecule has 0 aliphatic rings. The van der Waals surface area contributed by atoms with E-state index in [0.29, 0.717) is 0 Å². The Morgan fingerprint density at radius 2 is 1.67 bits per heavy atom. The van der Waals surface area contributed by atoms with E-state index in [-0.39, 0.29) is 5.16 Å². The Bertz CT molecular complexity index is 376. The topological polar surface area (TPSA) is 0 Å². The Morgan fingerprint density at radius 1 is 1.13 bits per heavy atom. The highest BCUT2D eigenvalue weighted by Crippen LogP contribution is 2.60. The monoisotopic (exact) mass is 215 g/mol. The number of hydrogen-bond donors (Lipinski definition) is 0. The average molecular weight is 215 g/mol. The van der Waals surface area contributed by atoms with Crippen molar-refractivity contribution in [2.45, 2.75) is 25.9 Å². The molecule has 2 radical (unpaired) electrons. The summed E-state index contributed by atoms with van der Waals surface area (Å²) in [6.45, 7) is 8.55. The van der Waals surface area contributed by atoms with Crippen molar-refractivity contribution in [3.8, 4) is 11.6 Å². The molecule has 0 nitrogen and oxygen atoms in total. The van der Waals surface area contributed by atoms with Crippen LogP contribution in [0.15, 0.2) is 30.3 Å². The van der Waals surface area contributed by atoms with Gasteiger partial charge in [0.25, 0.3) is 0 Å². The molecule has 1 aromatic rings. The first-order valence-corrected chi connectivity index (χ1v) is 7.37. The molecule has 0 saturated heterocycles. The summed E-state index contributed by atoms with van der Waals surface area (Å²) in [4.78, 5) is 0. The van der Waals surface area contributed by atoms with Gasteiger partial charge in [0.1, 0.15) is 0 Å². The molecule has 0 bridgehead atoms. The lowest BCUT2D eigenvalue weighted by atomic mass is 10.2. The van der Waals surface area contributed by atoms with Gasteiger partial charge in [-0.3, -0.25) is 0 Å². The van der Waals surface area contributed by atoms with Crippen LogP contribution in [0.4, 0.5) is 0 Å². The Morgan fingerprint density at radius 3 is 2.13 bits per heavy atom. The third-order valence-electron chi connectivity index (χ3n) is 2.60. The van der Waals surface area contributed by atoms with Crippen LogP contribution in [-0.2, 0) is 0 Å². The Hall–Kier alpha value is -0.725. The fourth-order valence-electron chi connectivity index (χ4n) is 0.870. The molecule has 15 heavy (non-hydrogen) atoms. The van der Waals surface area contributed by atoms with Crippen molar-refractivity contribution in [1.82, 2.24) is 0 Å². The molecule has 0 heterocycles. The highest BCUT2D eigenvalue weighted by molar-refractivity contribution is 8.01. The lowest BCUT2D eigenvalue weighted by molar-refractivity contribution is 0.788. The largest absolute Gasteiger partial charge is 0.381 e. The van der Waals surface area contributed by atoms with Gasteiger partial charge in [-0.15, -0.1) is 0 Å². The number of hydrogen-bond acceptors (Lipinski definition) is 0. The summed E-state index contributed by atoms with van der Waals surface area (Å²) >= 11 is 0. The van der Waals surface area contributed by atoms with E-state index in [2.05, 4.69) is 39.0 Å². The van der Waals surface area contributed by atoms with Crippen molar-refractivity contribution < 1.29 is 0 Å². The summed E-state index contributed by atoms with van der Waals surface area (Å²) in [5.41, 5.74) is 4.29. The predicted molar refractivity (Wildman–Crippen MR) is 71.7 cm³/mol. The van der Waals surface area contributed by atoms with Gasteiger partial charge in [0, 0.05) is 19.4 Å². The van der Waals surface area contributed by atoms with Crippen LogP contribution >= 0.6 is 7.14 Å². The molecular formula is C13H17BP+. The first-order valence-electron chi connectivity index (χ1n) is 5.06. The van der Waals surface area contributed by atoms with Crippen molar-refractivity contribution >= 4 is 14.7 Å². The van der Waals surface area contributed by atoms with E-state index >= 15 is 0 Å². The summed E-state index contributed by atoms with van der Waals surface area (Å²) in [6.07, 6.45) is 0. The van der Waals surface area contributed by atoms with Crippen LogP contribution in [0.3, 0.4) is 0 Å². The summed E-state index contributed by atoms with van der Waals surface area (Å²) < 4.78 is 0. The summed E-state index contributed by atoms with van der Waals surface area (Å²) in [5, 5.41) is 0.0920. The molecule has 1 atom stereocenters. The van der Waals surface area contributed by atoms with Crippen molar-refractivity contribution in [3.63, 3.8) is 0 Å². The molecule has 0 N–H and O–H groups in total. The summed E-state index contributed by atoms with van der Waals surface area (Å²) in [5.74, 6) is 3.17. The smallest absolute Gasteiger partial charge is 0.0622 e. The first kappa shape index (κ1) is 12.3. The van der Waals surface area contributed by atoms with Crippen LogP contribution in [0.25, 0.3) is 0 Å². The molecular weight excluding hydrogens is 198 g/mol. The molecule has 0 spiro atoms. The van der Waals surface area contributed by atoms with Gasteiger partial charge in [0.15, 0.2) is 0 Å². The molecule has 1 rings (SSSR count). The van der Waals surface area contributed by atoms with Crippen molar-refractivity contribution in [3.05, 3.63) is 35.9 Å². The second-order valence-corrected chi connectivity index (χ2v) is 8.57. The third-order valence-corrected chi connectivity index (χ3v) is 5.96. The Balaban J connectivity index is 2.92. The maximum atomic E-state index is 6.28. The SMILES string of the molecule is [B][P+](C)(C#Cc1ccccc1)C(C)(C)C. The fraction of sp³-hybridized carbons (Fsp3) is 0.385. The fourth-order valence-corrected chi connectivity index (χ4v) is 1.57. The maximum Gasteiger partial charge on any atom is 0.381 e. The van der Waals surface area contributed by atoms with E-state index in [9.17, 15) is 0 Å². The number of rotatable bonds is 0. The van der Waals surface area contributed by atoms with E-state index < -0.39 is 7.14 Å².